The number of hydrogen-bond acceptors (Lipinski definition) is 5. The van der Waals surface area contributed by atoms with Gasteiger partial charge in [0.2, 0.25) is 0 Å². The standard InChI is InChI=1S/C11H17N3O3S2/c1-7-6-19-9(13-7)5-12-11(17)14-8(10(15)16)3-4-18-2/h6,8H,3-5H2,1-2H3,(H,15,16)(H2,12,14,17). The van der Waals surface area contributed by atoms with Crippen molar-refractivity contribution in [1.29, 1.82) is 0 Å². The van der Waals surface area contributed by atoms with Crippen molar-refractivity contribution in [2.45, 2.75) is 25.9 Å². The maximum absolute atomic E-state index is 11.6. The second kappa shape index (κ2) is 8.00. The van der Waals surface area contributed by atoms with Crippen LogP contribution < -0.4 is 10.6 Å². The first kappa shape index (κ1) is 15.8. The van der Waals surface area contributed by atoms with E-state index in [0.717, 1.165) is 10.7 Å². The van der Waals surface area contributed by atoms with E-state index in [1.54, 1.807) is 11.8 Å². The largest absolute Gasteiger partial charge is 0.480 e. The molecule has 0 fully saturated rings. The number of rotatable bonds is 7. The van der Waals surface area contributed by atoms with E-state index in [4.69, 9.17) is 5.11 Å². The number of urea groups is 1. The van der Waals surface area contributed by atoms with Gasteiger partial charge in [-0.3, -0.25) is 0 Å². The Bertz CT molecular complexity index is 437. The number of aromatic nitrogens is 1. The van der Waals surface area contributed by atoms with Gasteiger partial charge < -0.3 is 15.7 Å². The molecular weight excluding hydrogens is 286 g/mol. The van der Waals surface area contributed by atoms with Crippen LogP contribution in [-0.2, 0) is 11.3 Å². The molecule has 0 aliphatic carbocycles. The Morgan fingerprint density at radius 3 is 2.84 bits per heavy atom. The van der Waals surface area contributed by atoms with Gasteiger partial charge in [0.15, 0.2) is 0 Å². The molecule has 8 heteroatoms. The Labute approximate surface area is 120 Å². The average Bonchev–Trinajstić information content (AvgIpc) is 2.77. The van der Waals surface area contributed by atoms with Crippen molar-refractivity contribution in [3.63, 3.8) is 0 Å². The molecule has 0 aromatic carbocycles. The van der Waals surface area contributed by atoms with E-state index in [-0.39, 0.29) is 0 Å². The lowest BCUT2D eigenvalue weighted by Crippen LogP contribution is -2.46. The summed E-state index contributed by atoms with van der Waals surface area (Å²) in [5, 5.41) is 16.7. The molecule has 106 valence electrons. The van der Waals surface area contributed by atoms with E-state index in [0.29, 0.717) is 18.7 Å². The van der Waals surface area contributed by atoms with Crippen LogP contribution in [-0.4, -0.2) is 40.1 Å². The van der Waals surface area contributed by atoms with Gasteiger partial charge in [-0.1, -0.05) is 0 Å². The van der Waals surface area contributed by atoms with Crippen molar-refractivity contribution in [3.8, 4) is 0 Å². The molecule has 1 heterocycles. The minimum absolute atomic E-state index is 0.305. The van der Waals surface area contributed by atoms with Gasteiger partial charge in [-0.25, -0.2) is 14.6 Å². The second-order valence-corrected chi connectivity index (χ2v) is 5.81. The molecule has 1 atom stereocenters. The summed E-state index contributed by atoms with van der Waals surface area (Å²) in [6.45, 7) is 2.18. The summed E-state index contributed by atoms with van der Waals surface area (Å²) < 4.78 is 0. The molecule has 0 aliphatic heterocycles. The zero-order valence-electron chi connectivity index (χ0n) is 10.8. The van der Waals surface area contributed by atoms with Crippen molar-refractivity contribution in [1.82, 2.24) is 15.6 Å². The number of hydrogen-bond donors (Lipinski definition) is 3. The number of nitrogens with one attached hydrogen (secondary N) is 2. The minimum atomic E-state index is -1.02. The van der Waals surface area contributed by atoms with Gasteiger partial charge in [0, 0.05) is 11.1 Å². The van der Waals surface area contributed by atoms with Gasteiger partial charge in [-0.15, -0.1) is 11.3 Å². The van der Waals surface area contributed by atoms with E-state index in [2.05, 4.69) is 15.6 Å². The van der Waals surface area contributed by atoms with E-state index in [9.17, 15) is 9.59 Å². The first-order valence-corrected chi connectivity index (χ1v) is 7.97. The second-order valence-electron chi connectivity index (χ2n) is 3.88. The summed E-state index contributed by atoms with van der Waals surface area (Å²) in [5.41, 5.74) is 0.908. The van der Waals surface area contributed by atoms with Gasteiger partial charge in [0.1, 0.15) is 11.0 Å². The third-order valence-electron chi connectivity index (χ3n) is 2.28. The van der Waals surface area contributed by atoms with Crippen molar-refractivity contribution >= 4 is 35.1 Å². The van der Waals surface area contributed by atoms with E-state index >= 15 is 0 Å². The van der Waals surface area contributed by atoms with E-state index in [1.807, 2.05) is 18.6 Å². The van der Waals surface area contributed by atoms with Gasteiger partial charge in [0.25, 0.3) is 0 Å². The van der Waals surface area contributed by atoms with Crippen molar-refractivity contribution in [3.05, 3.63) is 16.1 Å². The number of thiazole rings is 1. The Kier molecular flexibility index (Phi) is 6.65. The van der Waals surface area contributed by atoms with Crippen LogP contribution >= 0.6 is 23.1 Å². The number of thioether (sulfide) groups is 1. The highest BCUT2D eigenvalue weighted by Gasteiger charge is 2.19. The van der Waals surface area contributed by atoms with Crippen molar-refractivity contribution < 1.29 is 14.7 Å². The highest BCUT2D eigenvalue weighted by Crippen LogP contribution is 2.07. The molecule has 1 aromatic rings. The van der Waals surface area contributed by atoms with Crippen LogP contribution in [0.3, 0.4) is 0 Å². The molecule has 1 rings (SSSR count). The highest BCUT2D eigenvalue weighted by atomic mass is 32.2. The number of aliphatic carboxylic acids is 1. The summed E-state index contributed by atoms with van der Waals surface area (Å²) in [4.78, 5) is 26.7. The molecule has 0 spiro atoms. The van der Waals surface area contributed by atoms with Gasteiger partial charge >= 0.3 is 12.0 Å². The fourth-order valence-corrected chi connectivity index (χ4v) is 2.53. The zero-order chi connectivity index (χ0) is 14.3. The fraction of sp³-hybridized carbons (Fsp3) is 0.545. The topological polar surface area (TPSA) is 91.3 Å². The Hall–Kier alpha value is -1.28. The summed E-state index contributed by atoms with van der Waals surface area (Å²) in [5.74, 6) is -0.336. The smallest absolute Gasteiger partial charge is 0.326 e. The van der Waals surface area contributed by atoms with Crippen molar-refractivity contribution in [2.24, 2.45) is 0 Å². The SMILES string of the molecule is CSCCC(NC(=O)NCc1nc(C)cs1)C(=O)O. The van der Waals surface area contributed by atoms with Crippen LogP contribution in [0.15, 0.2) is 5.38 Å². The van der Waals surface area contributed by atoms with Crippen LogP contribution in [0.1, 0.15) is 17.1 Å². The number of carboxylic acids is 1. The molecule has 19 heavy (non-hydrogen) atoms. The number of nitrogens with zero attached hydrogens (tertiary/aromatic N) is 1. The predicted octanol–water partition coefficient (Wildman–Crippen LogP) is 1.46. The van der Waals surface area contributed by atoms with Gasteiger partial charge in [0.05, 0.1) is 6.54 Å². The molecule has 0 aliphatic rings. The number of amides is 2. The molecule has 0 saturated heterocycles. The Morgan fingerprint density at radius 1 is 1.58 bits per heavy atom. The lowest BCUT2D eigenvalue weighted by Gasteiger charge is -2.14. The van der Waals surface area contributed by atoms with Crippen LogP contribution in [0, 0.1) is 6.92 Å². The Balaban J connectivity index is 2.37. The summed E-state index contributed by atoms with van der Waals surface area (Å²) in [6.07, 6.45) is 2.30. The molecular formula is C11H17N3O3S2. The van der Waals surface area contributed by atoms with E-state index in [1.165, 1.54) is 11.3 Å². The molecule has 6 nitrogen and oxygen atoms in total. The number of carbonyl (C=O) groups excluding carboxylic acids is 1. The summed E-state index contributed by atoms with van der Waals surface area (Å²) in [6, 6.07) is -1.34. The maximum Gasteiger partial charge on any atom is 0.326 e. The Morgan fingerprint density at radius 2 is 2.32 bits per heavy atom. The monoisotopic (exact) mass is 303 g/mol. The molecule has 0 bridgehead atoms. The zero-order valence-corrected chi connectivity index (χ0v) is 12.4. The fourth-order valence-electron chi connectivity index (χ4n) is 1.34. The lowest BCUT2D eigenvalue weighted by molar-refractivity contribution is -0.139. The molecule has 1 unspecified atom stereocenters. The number of carboxylic acid groups (broad SMARTS) is 1. The van der Waals surface area contributed by atoms with Crippen LogP contribution in [0.5, 0.6) is 0 Å². The highest BCUT2D eigenvalue weighted by molar-refractivity contribution is 7.98. The first-order chi connectivity index (χ1) is 9.02. The molecule has 0 saturated carbocycles. The van der Waals surface area contributed by atoms with Gasteiger partial charge in [-0.2, -0.15) is 11.8 Å². The summed E-state index contributed by atoms with van der Waals surface area (Å²) >= 11 is 3.00. The van der Waals surface area contributed by atoms with Crippen LogP contribution in [0.25, 0.3) is 0 Å². The van der Waals surface area contributed by atoms with Crippen LogP contribution in [0.2, 0.25) is 0 Å². The number of aryl methyl sites for hydroxylation is 1. The lowest BCUT2D eigenvalue weighted by atomic mass is 10.2. The normalized spacial score (nSPS) is 11.9. The molecule has 3 N–H and O–H groups in total. The maximum atomic E-state index is 11.6. The summed E-state index contributed by atoms with van der Waals surface area (Å²) in [7, 11) is 0. The van der Waals surface area contributed by atoms with Gasteiger partial charge in [-0.05, 0) is 25.4 Å². The molecule has 2 amide bonds. The molecule has 0 radical (unpaired) electrons. The average molecular weight is 303 g/mol. The quantitative estimate of drug-likeness (QED) is 0.709. The van der Waals surface area contributed by atoms with Crippen molar-refractivity contribution in [2.75, 3.05) is 12.0 Å². The molecule has 1 aromatic heterocycles. The number of carbonyl (C=O) groups is 2. The third kappa shape index (κ3) is 5.93. The van der Waals surface area contributed by atoms with E-state index < -0.39 is 18.0 Å². The van der Waals surface area contributed by atoms with Crippen LogP contribution in [0.4, 0.5) is 4.79 Å². The first-order valence-electron chi connectivity index (χ1n) is 5.70. The predicted molar refractivity (Wildman–Crippen MR) is 76.6 cm³/mol. The minimum Gasteiger partial charge on any atom is -0.480 e. The third-order valence-corrected chi connectivity index (χ3v) is 3.89.